The van der Waals surface area contributed by atoms with Crippen LogP contribution >= 0.6 is 0 Å². The Morgan fingerprint density at radius 3 is 2.06 bits per heavy atom. The van der Waals surface area contributed by atoms with E-state index in [2.05, 4.69) is 31.0 Å². The summed E-state index contributed by atoms with van der Waals surface area (Å²) in [5.41, 5.74) is -0.280. The molecule has 5 nitrogen and oxygen atoms in total. The minimum Gasteiger partial charge on any atom is -0.481 e. The van der Waals surface area contributed by atoms with Crippen molar-refractivity contribution in [1.82, 2.24) is 10.2 Å². The Hall–Kier alpha value is -1.39. The van der Waals surface area contributed by atoms with Crippen LogP contribution in [0.5, 0.6) is 0 Å². The summed E-state index contributed by atoms with van der Waals surface area (Å²) >= 11 is 0. The summed E-state index contributed by atoms with van der Waals surface area (Å²) in [6.07, 6.45) is 1.29. The van der Waals surface area contributed by atoms with E-state index in [-0.39, 0.29) is 17.3 Å². The van der Waals surface area contributed by atoms with Crippen molar-refractivity contribution < 1.29 is 14.3 Å². The molecule has 0 saturated heterocycles. The first kappa shape index (κ1) is 14.7. The van der Waals surface area contributed by atoms with Crippen LogP contribution in [-0.2, 0) is 17.6 Å². The Kier molecular flexibility index (Phi) is 4.14. The fourth-order valence-electron chi connectivity index (χ4n) is 1.77. The molecule has 1 aromatic heterocycles. The maximum Gasteiger partial charge on any atom is 0.303 e. The second kappa shape index (κ2) is 5.08. The van der Waals surface area contributed by atoms with Crippen LogP contribution in [0.2, 0.25) is 0 Å². The van der Waals surface area contributed by atoms with Crippen LogP contribution in [0.1, 0.15) is 52.8 Å². The van der Waals surface area contributed by atoms with Gasteiger partial charge in [0.2, 0.25) is 11.8 Å². The van der Waals surface area contributed by atoms with E-state index in [1.165, 1.54) is 0 Å². The second-order valence-electron chi connectivity index (χ2n) is 6.74. The summed E-state index contributed by atoms with van der Waals surface area (Å²) < 4.78 is 5.56. The number of carboxylic acids is 1. The van der Waals surface area contributed by atoms with Crippen molar-refractivity contribution in [3.63, 3.8) is 0 Å². The molecule has 0 radical (unpaired) electrons. The molecule has 1 heterocycles. The molecule has 0 aliphatic rings. The summed E-state index contributed by atoms with van der Waals surface area (Å²) in [6.45, 7) is 10.1. The average molecular weight is 254 g/mol. The van der Waals surface area contributed by atoms with Crippen molar-refractivity contribution in [3.8, 4) is 0 Å². The molecular formula is C13H22N2O3. The summed E-state index contributed by atoms with van der Waals surface area (Å²) in [4.78, 5) is 10.7. The molecule has 0 bridgehead atoms. The molecule has 0 saturated carbocycles. The highest BCUT2D eigenvalue weighted by Crippen LogP contribution is 2.26. The molecular weight excluding hydrogens is 232 g/mol. The van der Waals surface area contributed by atoms with Crippen LogP contribution in [0.4, 0.5) is 0 Å². The fraction of sp³-hybridized carbons (Fsp3) is 0.769. The van der Waals surface area contributed by atoms with Crippen molar-refractivity contribution in [1.29, 1.82) is 0 Å². The zero-order chi connectivity index (χ0) is 14.0. The van der Waals surface area contributed by atoms with Crippen molar-refractivity contribution in [2.24, 2.45) is 10.8 Å². The quantitative estimate of drug-likeness (QED) is 0.874. The predicted octanol–water partition coefficient (Wildman–Crippen LogP) is 2.70. The van der Waals surface area contributed by atoms with Gasteiger partial charge in [-0.05, 0) is 10.8 Å². The van der Waals surface area contributed by atoms with Gasteiger partial charge in [0.25, 0.3) is 0 Å². The van der Waals surface area contributed by atoms with Gasteiger partial charge >= 0.3 is 5.97 Å². The predicted molar refractivity (Wildman–Crippen MR) is 67.2 cm³/mol. The molecule has 0 spiro atoms. The summed E-state index contributed by atoms with van der Waals surface area (Å²) in [7, 11) is 0. The van der Waals surface area contributed by atoms with E-state index in [0.29, 0.717) is 18.2 Å². The second-order valence-corrected chi connectivity index (χ2v) is 6.74. The molecule has 0 aliphatic carbocycles. The Morgan fingerprint density at radius 1 is 1.11 bits per heavy atom. The van der Waals surface area contributed by atoms with Gasteiger partial charge in [-0.15, -0.1) is 10.2 Å². The normalized spacial score (nSPS) is 12.7. The summed E-state index contributed by atoms with van der Waals surface area (Å²) in [6, 6.07) is 0. The van der Waals surface area contributed by atoms with Crippen LogP contribution in [0.3, 0.4) is 0 Å². The molecule has 1 rings (SSSR count). The monoisotopic (exact) mass is 254 g/mol. The van der Waals surface area contributed by atoms with Crippen LogP contribution in [0, 0.1) is 10.8 Å². The number of aromatic nitrogens is 2. The molecule has 18 heavy (non-hydrogen) atoms. The van der Waals surface area contributed by atoms with Crippen LogP contribution < -0.4 is 0 Å². The van der Waals surface area contributed by atoms with Crippen molar-refractivity contribution in [3.05, 3.63) is 11.8 Å². The third kappa shape index (κ3) is 5.29. The Bertz CT molecular complexity index is 416. The highest BCUT2D eigenvalue weighted by atomic mass is 16.4. The average Bonchev–Trinajstić information content (AvgIpc) is 2.44. The first-order valence-electron chi connectivity index (χ1n) is 6.10. The smallest absolute Gasteiger partial charge is 0.303 e. The van der Waals surface area contributed by atoms with E-state index in [4.69, 9.17) is 9.52 Å². The number of aliphatic carboxylic acids is 1. The molecule has 0 unspecified atom stereocenters. The minimum atomic E-state index is -0.811. The zero-order valence-electron chi connectivity index (χ0n) is 11.8. The maximum atomic E-state index is 10.7. The van der Waals surface area contributed by atoms with Gasteiger partial charge in [0.05, 0.1) is 6.42 Å². The van der Waals surface area contributed by atoms with Gasteiger partial charge in [-0.2, -0.15) is 0 Å². The van der Waals surface area contributed by atoms with E-state index in [1.807, 2.05) is 13.8 Å². The molecule has 0 aliphatic heterocycles. The minimum absolute atomic E-state index is 0.0873. The molecule has 5 heteroatoms. The Morgan fingerprint density at radius 2 is 1.61 bits per heavy atom. The lowest BCUT2D eigenvalue weighted by molar-refractivity contribution is -0.139. The molecule has 1 N–H and O–H groups in total. The number of carbonyl (C=O) groups is 1. The molecule has 0 aromatic carbocycles. The van der Waals surface area contributed by atoms with E-state index in [1.54, 1.807) is 0 Å². The maximum absolute atomic E-state index is 10.7. The highest BCUT2D eigenvalue weighted by Gasteiger charge is 2.25. The summed E-state index contributed by atoms with van der Waals surface area (Å²) in [5, 5.41) is 16.8. The van der Waals surface area contributed by atoms with Gasteiger partial charge in [0.15, 0.2) is 0 Å². The lowest BCUT2D eigenvalue weighted by Gasteiger charge is -2.19. The SMILES string of the molecule is CC(C)(C)Cc1nnc(CC(C)(C)CC(=O)O)o1. The number of rotatable bonds is 5. The van der Waals surface area contributed by atoms with Crippen LogP contribution in [0.25, 0.3) is 0 Å². The van der Waals surface area contributed by atoms with Crippen molar-refractivity contribution >= 4 is 5.97 Å². The largest absolute Gasteiger partial charge is 0.481 e. The highest BCUT2D eigenvalue weighted by molar-refractivity contribution is 5.67. The zero-order valence-corrected chi connectivity index (χ0v) is 11.8. The van der Waals surface area contributed by atoms with Gasteiger partial charge < -0.3 is 9.52 Å². The Balaban J connectivity index is 2.66. The first-order valence-corrected chi connectivity index (χ1v) is 6.10. The fourth-order valence-corrected chi connectivity index (χ4v) is 1.77. The van der Waals surface area contributed by atoms with Gasteiger partial charge in [-0.3, -0.25) is 4.79 Å². The van der Waals surface area contributed by atoms with Gasteiger partial charge in [-0.25, -0.2) is 0 Å². The van der Waals surface area contributed by atoms with Crippen molar-refractivity contribution in [2.45, 2.75) is 53.9 Å². The van der Waals surface area contributed by atoms with Crippen LogP contribution in [-0.4, -0.2) is 21.3 Å². The number of carboxylic acid groups (broad SMARTS) is 1. The topological polar surface area (TPSA) is 76.2 Å². The number of nitrogens with zero attached hydrogens (tertiary/aromatic N) is 2. The standard InChI is InChI=1S/C13H22N2O3/c1-12(2,3)6-9-14-15-10(18-9)7-13(4,5)8-11(16)17/h6-8H2,1-5H3,(H,16,17). The molecule has 0 fully saturated rings. The van der Waals surface area contributed by atoms with Gasteiger partial charge in [0.1, 0.15) is 0 Å². The number of hydrogen-bond donors (Lipinski definition) is 1. The van der Waals surface area contributed by atoms with Gasteiger partial charge in [-0.1, -0.05) is 34.6 Å². The molecule has 0 atom stereocenters. The molecule has 102 valence electrons. The van der Waals surface area contributed by atoms with Crippen molar-refractivity contribution in [2.75, 3.05) is 0 Å². The van der Waals surface area contributed by atoms with E-state index in [0.717, 1.165) is 6.42 Å². The third-order valence-corrected chi connectivity index (χ3v) is 2.45. The lowest BCUT2D eigenvalue weighted by atomic mass is 9.86. The first-order chi connectivity index (χ1) is 8.07. The lowest BCUT2D eigenvalue weighted by Crippen LogP contribution is -2.19. The van der Waals surface area contributed by atoms with Crippen LogP contribution in [0.15, 0.2) is 4.42 Å². The van der Waals surface area contributed by atoms with E-state index >= 15 is 0 Å². The molecule has 0 amide bonds. The van der Waals surface area contributed by atoms with E-state index in [9.17, 15) is 4.79 Å². The third-order valence-electron chi connectivity index (χ3n) is 2.45. The Labute approximate surface area is 108 Å². The summed E-state index contributed by atoms with van der Waals surface area (Å²) in [5.74, 6) is 0.318. The number of hydrogen-bond acceptors (Lipinski definition) is 4. The van der Waals surface area contributed by atoms with E-state index < -0.39 is 5.97 Å². The molecule has 1 aromatic rings. The van der Waals surface area contributed by atoms with Gasteiger partial charge in [0, 0.05) is 12.8 Å².